The Morgan fingerprint density at radius 3 is 2.64 bits per heavy atom. The first-order chi connectivity index (χ1) is 17.5. The molecule has 0 bridgehead atoms. The maximum Gasteiger partial charge on any atom is 0.266 e. The number of rotatable bonds is 11. The van der Waals surface area contributed by atoms with Gasteiger partial charge < -0.3 is 9.47 Å². The fourth-order valence-corrected chi connectivity index (χ4v) is 5.23. The quantitative estimate of drug-likeness (QED) is 0.169. The molecule has 0 saturated carbocycles. The molecule has 0 atom stereocenters. The van der Waals surface area contributed by atoms with Gasteiger partial charge >= 0.3 is 0 Å². The molecule has 1 saturated heterocycles. The fourth-order valence-electron chi connectivity index (χ4n) is 3.93. The highest BCUT2D eigenvalue weighted by Gasteiger charge is 2.32. The summed E-state index contributed by atoms with van der Waals surface area (Å²) in [6, 6.07) is 16.0. The van der Waals surface area contributed by atoms with Gasteiger partial charge in [0.25, 0.3) is 5.91 Å². The number of carbonyl (C=O) groups is 1. The average Bonchev–Trinajstić information content (AvgIpc) is 3.41. The maximum atomic E-state index is 13.2. The summed E-state index contributed by atoms with van der Waals surface area (Å²) >= 11 is 6.85. The number of thioether (sulfide) groups is 1. The number of aryl methyl sites for hydroxylation is 1. The van der Waals surface area contributed by atoms with Crippen molar-refractivity contribution in [3.05, 3.63) is 70.8 Å². The van der Waals surface area contributed by atoms with E-state index in [9.17, 15) is 4.79 Å². The third-order valence-electron chi connectivity index (χ3n) is 5.72. The van der Waals surface area contributed by atoms with E-state index in [1.54, 1.807) is 4.90 Å². The van der Waals surface area contributed by atoms with Crippen molar-refractivity contribution in [3.8, 4) is 22.7 Å². The molecule has 6 nitrogen and oxygen atoms in total. The van der Waals surface area contributed by atoms with Gasteiger partial charge in [-0.05, 0) is 68.7 Å². The zero-order valence-corrected chi connectivity index (χ0v) is 22.5. The van der Waals surface area contributed by atoms with Crippen molar-refractivity contribution in [2.75, 3.05) is 26.4 Å². The zero-order chi connectivity index (χ0) is 25.5. The first-order valence-corrected chi connectivity index (χ1v) is 13.5. The van der Waals surface area contributed by atoms with Gasteiger partial charge in [0.15, 0.2) is 0 Å². The number of nitrogens with zero attached hydrogens (tertiary/aromatic N) is 3. The van der Waals surface area contributed by atoms with Crippen LogP contribution in [0.4, 0.5) is 0 Å². The Labute approximate surface area is 222 Å². The van der Waals surface area contributed by atoms with Crippen LogP contribution in [0.2, 0.25) is 0 Å². The van der Waals surface area contributed by atoms with E-state index in [1.807, 2.05) is 72.4 Å². The second-order valence-electron chi connectivity index (χ2n) is 8.42. The number of ether oxygens (including phenoxy) is 2. The molecule has 1 amide bonds. The van der Waals surface area contributed by atoms with E-state index >= 15 is 0 Å². The maximum absolute atomic E-state index is 13.2. The van der Waals surface area contributed by atoms with Crippen LogP contribution >= 0.6 is 24.0 Å². The molecule has 188 valence electrons. The average molecular weight is 522 g/mol. The second-order valence-corrected chi connectivity index (χ2v) is 10.1. The number of hydrogen-bond acceptors (Lipinski definition) is 6. The van der Waals surface area contributed by atoms with Gasteiger partial charge in [0.1, 0.15) is 15.8 Å². The van der Waals surface area contributed by atoms with Crippen molar-refractivity contribution in [2.45, 2.75) is 33.6 Å². The highest BCUT2D eigenvalue weighted by atomic mass is 32.2. The second kappa shape index (κ2) is 12.3. The van der Waals surface area contributed by atoms with Crippen molar-refractivity contribution in [3.63, 3.8) is 0 Å². The highest BCUT2D eigenvalue weighted by Crippen LogP contribution is 2.36. The van der Waals surface area contributed by atoms with E-state index in [-0.39, 0.29) is 5.91 Å². The van der Waals surface area contributed by atoms with Crippen molar-refractivity contribution < 1.29 is 14.3 Å². The Morgan fingerprint density at radius 2 is 1.92 bits per heavy atom. The van der Waals surface area contributed by atoms with Crippen LogP contribution < -0.4 is 4.74 Å². The van der Waals surface area contributed by atoms with Crippen molar-refractivity contribution in [2.24, 2.45) is 0 Å². The van der Waals surface area contributed by atoms with E-state index in [2.05, 4.69) is 13.8 Å². The Morgan fingerprint density at radius 1 is 1.11 bits per heavy atom. The van der Waals surface area contributed by atoms with Crippen LogP contribution in [0, 0.1) is 6.92 Å². The summed E-state index contributed by atoms with van der Waals surface area (Å²) < 4.78 is 13.7. The molecular weight excluding hydrogens is 490 g/mol. The van der Waals surface area contributed by atoms with E-state index in [1.165, 1.54) is 11.8 Å². The summed E-state index contributed by atoms with van der Waals surface area (Å²) in [6.45, 7) is 8.61. The predicted octanol–water partition coefficient (Wildman–Crippen LogP) is 6.26. The molecule has 2 heterocycles. The molecule has 8 heteroatoms. The molecule has 0 radical (unpaired) electrons. The zero-order valence-electron chi connectivity index (χ0n) is 20.9. The lowest BCUT2D eigenvalue weighted by Gasteiger charge is -2.13. The third kappa shape index (κ3) is 6.06. The van der Waals surface area contributed by atoms with Crippen molar-refractivity contribution >= 4 is 40.3 Å². The summed E-state index contributed by atoms with van der Waals surface area (Å²) in [5.74, 6) is 0.773. The SMILES string of the molecule is CCCOc1ccc(-c2nn(-c3ccccc3)cc2C=C2SC(=S)N(CCCOCC)C2=O)c(C)c1. The normalized spacial score (nSPS) is 14.8. The number of thiocarbonyl (C=S) groups is 1. The Hall–Kier alpha value is -2.94. The van der Waals surface area contributed by atoms with Crippen LogP contribution in [-0.4, -0.2) is 51.3 Å². The number of benzene rings is 2. The minimum Gasteiger partial charge on any atom is -0.494 e. The fraction of sp³-hybridized carbons (Fsp3) is 0.321. The first kappa shape index (κ1) is 26.1. The van der Waals surface area contributed by atoms with Crippen molar-refractivity contribution in [1.82, 2.24) is 14.7 Å². The standard InChI is InChI=1S/C28H31N3O3S2/c1-4-15-34-23-12-13-24(20(3)17-23)26-21(19-31(29-26)22-10-7-6-8-11-22)18-25-27(32)30(28(35)36-25)14-9-16-33-5-2/h6-8,10-13,17-19H,4-5,9,14-16H2,1-3H3. The molecule has 0 N–H and O–H groups in total. The lowest BCUT2D eigenvalue weighted by Crippen LogP contribution is -2.29. The number of para-hydroxylation sites is 1. The van der Waals surface area contributed by atoms with Crippen molar-refractivity contribution in [1.29, 1.82) is 0 Å². The minimum absolute atomic E-state index is 0.0695. The molecule has 0 unspecified atom stereocenters. The van der Waals surface area contributed by atoms with Gasteiger partial charge in [0, 0.05) is 37.1 Å². The van der Waals surface area contributed by atoms with Crippen LogP contribution in [0.5, 0.6) is 5.75 Å². The lowest BCUT2D eigenvalue weighted by molar-refractivity contribution is -0.122. The van der Waals surface area contributed by atoms with Gasteiger partial charge in [-0.2, -0.15) is 5.10 Å². The van der Waals surface area contributed by atoms with Crippen LogP contribution in [0.1, 0.15) is 37.8 Å². The number of carbonyl (C=O) groups excluding carboxylic acids is 1. The van der Waals surface area contributed by atoms with Gasteiger partial charge in [-0.1, -0.05) is 49.1 Å². The number of hydrogen-bond donors (Lipinski definition) is 0. The van der Waals surface area contributed by atoms with E-state index in [0.29, 0.717) is 35.6 Å². The summed E-state index contributed by atoms with van der Waals surface area (Å²) in [7, 11) is 0. The largest absolute Gasteiger partial charge is 0.494 e. The van der Waals surface area contributed by atoms with E-state index < -0.39 is 0 Å². The topological polar surface area (TPSA) is 56.6 Å². The van der Waals surface area contributed by atoms with Gasteiger partial charge in [-0.25, -0.2) is 4.68 Å². The third-order valence-corrected chi connectivity index (χ3v) is 7.10. The van der Waals surface area contributed by atoms with Crippen LogP contribution in [0.15, 0.2) is 59.6 Å². The first-order valence-electron chi connectivity index (χ1n) is 12.2. The molecule has 3 aromatic rings. The molecule has 1 aromatic heterocycles. The van der Waals surface area contributed by atoms with E-state index in [4.69, 9.17) is 26.8 Å². The summed E-state index contributed by atoms with van der Waals surface area (Å²) in [5, 5.41) is 4.93. The Balaban J connectivity index is 1.69. The summed E-state index contributed by atoms with van der Waals surface area (Å²) in [4.78, 5) is 15.5. The van der Waals surface area contributed by atoms with Gasteiger partial charge in [0.2, 0.25) is 0 Å². The molecule has 0 aliphatic carbocycles. The highest BCUT2D eigenvalue weighted by molar-refractivity contribution is 8.26. The smallest absolute Gasteiger partial charge is 0.266 e. The lowest BCUT2D eigenvalue weighted by atomic mass is 10.0. The van der Waals surface area contributed by atoms with Gasteiger partial charge in [0.05, 0.1) is 17.2 Å². The van der Waals surface area contributed by atoms with Crippen LogP contribution in [-0.2, 0) is 9.53 Å². The molecular formula is C28H31N3O3S2. The van der Waals surface area contributed by atoms with Crippen LogP contribution in [0.25, 0.3) is 23.0 Å². The molecule has 1 aliphatic heterocycles. The Bertz CT molecular complexity index is 1250. The Kier molecular flexibility index (Phi) is 8.96. The van der Waals surface area contributed by atoms with Gasteiger partial charge in [-0.15, -0.1) is 0 Å². The molecule has 1 aliphatic rings. The predicted molar refractivity (Wildman–Crippen MR) is 151 cm³/mol. The summed E-state index contributed by atoms with van der Waals surface area (Å²) in [6.07, 6.45) is 5.57. The number of amides is 1. The molecule has 2 aromatic carbocycles. The number of aromatic nitrogens is 2. The minimum atomic E-state index is -0.0695. The van der Waals surface area contributed by atoms with Gasteiger partial charge in [-0.3, -0.25) is 9.69 Å². The summed E-state index contributed by atoms with van der Waals surface area (Å²) in [5.41, 5.74) is 4.66. The van der Waals surface area contributed by atoms with E-state index in [0.717, 1.165) is 46.7 Å². The van der Waals surface area contributed by atoms with Crippen LogP contribution in [0.3, 0.4) is 0 Å². The molecule has 1 fully saturated rings. The molecule has 36 heavy (non-hydrogen) atoms. The monoisotopic (exact) mass is 521 g/mol. The molecule has 4 rings (SSSR count). The molecule has 0 spiro atoms.